The Kier molecular flexibility index (Phi) is 3.90. The highest BCUT2D eigenvalue weighted by Gasteiger charge is 2.47. The Balaban J connectivity index is 2.49. The van der Waals surface area contributed by atoms with Crippen LogP contribution < -0.4 is 0 Å². The van der Waals surface area contributed by atoms with Crippen molar-refractivity contribution in [1.82, 2.24) is 4.90 Å². The van der Waals surface area contributed by atoms with E-state index in [9.17, 15) is 27.2 Å². The first-order valence-corrected chi connectivity index (χ1v) is 5.53. The van der Waals surface area contributed by atoms with Crippen LogP contribution in [0.3, 0.4) is 0 Å². The summed E-state index contributed by atoms with van der Waals surface area (Å²) in [5.74, 6) is -3.47. The van der Waals surface area contributed by atoms with Crippen LogP contribution in [0, 0.1) is 0 Å². The summed E-state index contributed by atoms with van der Waals surface area (Å²) >= 11 is -0.524. The minimum atomic E-state index is -4.53. The second-order valence-corrected chi connectivity index (χ2v) is 4.61. The Hall–Kier alpha value is -0.990. The van der Waals surface area contributed by atoms with Gasteiger partial charge in [-0.05, 0) is 11.8 Å². The number of hydrogen-bond donors (Lipinski definition) is 1. The Morgan fingerprint density at radius 1 is 1.41 bits per heavy atom. The fourth-order valence-corrected chi connectivity index (χ4v) is 1.86. The van der Waals surface area contributed by atoms with Crippen LogP contribution in [-0.2, 0) is 9.59 Å². The van der Waals surface area contributed by atoms with E-state index in [0.717, 1.165) is 4.90 Å². The Morgan fingerprint density at radius 3 is 2.41 bits per heavy atom. The summed E-state index contributed by atoms with van der Waals surface area (Å²) in [5.41, 5.74) is -7.08. The molecule has 9 heteroatoms. The van der Waals surface area contributed by atoms with E-state index in [1.54, 1.807) is 0 Å². The van der Waals surface area contributed by atoms with Crippen molar-refractivity contribution in [3.63, 3.8) is 0 Å². The minimum absolute atomic E-state index is 0.181. The topological polar surface area (TPSA) is 57.6 Å². The van der Waals surface area contributed by atoms with Crippen molar-refractivity contribution in [2.45, 2.75) is 17.6 Å². The average molecular weight is 275 g/mol. The third kappa shape index (κ3) is 3.76. The molecule has 1 N–H and O–H groups in total. The fourth-order valence-electron chi connectivity index (χ4n) is 1.40. The molecule has 0 aromatic rings. The van der Waals surface area contributed by atoms with Gasteiger partial charge in [-0.15, -0.1) is 0 Å². The minimum Gasteiger partial charge on any atom is -0.479 e. The van der Waals surface area contributed by atoms with Gasteiger partial charge < -0.3 is 10.0 Å². The van der Waals surface area contributed by atoms with E-state index in [1.165, 1.54) is 0 Å². The van der Waals surface area contributed by atoms with Crippen LogP contribution in [0.15, 0.2) is 0 Å². The van der Waals surface area contributed by atoms with E-state index < -0.39 is 53.5 Å². The van der Waals surface area contributed by atoms with Crippen LogP contribution in [0.2, 0.25) is 0 Å². The zero-order chi connectivity index (χ0) is 13.3. The smallest absolute Gasteiger partial charge is 0.442 e. The molecule has 0 aromatic heterocycles. The van der Waals surface area contributed by atoms with Gasteiger partial charge in [0.05, 0.1) is 12.3 Å². The van der Waals surface area contributed by atoms with Gasteiger partial charge in [0.2, 0.25) is 11.6 Å². The number of nitrogens with zero attached hydrogens (tertiary/aromatic N) is 1. The van der Waals surface area contributed by atoms with Gasteiger partial charge in [-0.25, -0.2) is 9.18 Å². The maximum absolute atomic E-state index is 13.5. The molecule has 0 aromatic carbocycles. The van der Waals surface area contributed by atoms with E-state index in [4.69, 9.17) is 5.11 Å². The average Bonchev–Trinajstić information content (AvgIpc) is 2.58. The fraction of sp³-hybridized carbons (Fsp3) is 0.750. The van der Waals surface area contributed by atoms with E-state index in [-0.39, 0.29) is 6.54 Å². The Labute approximate surface area is 98.0 Å². The molecule has 1 atom stereocenters. The standard InChI is InChI=1S/C8H9F4NO3S/c9-7(6(15)16)1-2-13(4-7)5(14)3-17-8(10,11)12/h1-4H2,(H,15,16). The molecule has 1 aliphatic rings. The second-order valence-electron chi connectivity index (χ2n) is 3.57. The molecule has 4 nitrogen and oxygen atoms in total. The van der Waals surface area contributed by atoms with Crippen LogP contribution in [0.1, 0.15) is 6.42 Å². The van der Waals surface area contributed by atoms with Gasteiger partial charge in [-0.3, -0.25) is 4.79 Å². The van der Waals surface area contributed by atoms with Crippen molar-refractivity contribution in [2.24, 2.45) is 0 Å². The number of alkyl halides is 4. The van der Waals surface area contributed by atoms with Gasteiger partial charge in [-0.1, -0.05) is 0 Å². The molecule has 0 spiro atoms. The number of carbonyl (C=O) groups excluding carboxylic acids is 1. The largest absolute Gasteiger partial charge is 0.479 e. The van der Waals surface area contributed by atoms with Crippen molar-refractivity contribution < 1.29 is 32.3 Å². The number of likely N-dealkylation sites (tertiary alicyclic amines) is 1. The zero-order valence-electron chi connectivity index (χ0n) is 8.46. The molecule has 1 heterocycles. The summed E-state index contributed by atoms with van der Waals surface area (Å²) in [5, 5.41) is 8.53. The van der Waals surface area contributed by atoms with Crippen LogP contribution in [0.4, 0.5) is 17.6 Å². The van der Waals surface area contributed by atoms with E-state index in [1.807, 2.05) is 0 Å². The van der Waals surface area contributed by atoms with E-state index >= 15 is 0 Å². The molecule has 1 saturated heterocycles. The molecule has 0 saturated carbocycles. The Bertz CT molecular complexity index is 335. The maximum atomic E-state index is 13.5. The predicted molar refractivity (Wildman–Crippen MR) is 51.2 cm³/mol. The van der Waals surface area contributed by atoms with Gasteiger partial charge >= 0.3 is 11.5 Å². The van der Waals surface area contributed by atoms with Crippen LogP contribution in [0.5, 0.6) is 0 Å². The number of aliphatic carboxylic acids is 1. The molecule has 1 unspecified atom stereocenters. The third-order valence-corrected chi connectivity index (χ3v) is 3.03. The van der Waals surface area contributed by atoms with Crippen molar-refractivity contribution in [3.8, 4) is 0 Å². The SMILES string of the molecule is O=C(CSC(F)(F)F)N1CCC(F)(C(=O)O)C1. The highest BCUT2D eigenvalue weighted by molar-refractivity contribution is 8.00. The molecular formula is C8H9F4NO3S. The number of hydrogen-bond acceptors (Lipinski definition) is 3. The van der Waals surface area contributed by atoms with Crippen molar-refractivity contribution in [2.75, 3.05) is 18.8 Å². The normalized spacial score (nSPS) is 25.1. The number of carboxylic acids is 1. The van der Waals surface area contributed by atoms with Gasteiger partial charge in [0, 0.05) is 13.0 Å². The molecule has 1 amide bonds. The summed E-state index contributed by atoms with van der Waals surface area (Å²) in [6.45, 7) is -0.875. The lowest BCUT2D eigenvalue weighted by Gasteiger charge is -2.17. The summed E-state index contributed by atoms with van der Waals surface area (Å²) in [6, 6.07) is 0. The van der Waals surface area contributed by atoms with Crippen molar-refractivity contribution >= 4 is 23.6 Å². The first-order chi connectivity index (χ1) is 7.64. The molecule has 98 valence electrons. The van der Waals surface area contributed by atoms with Gasteiger partial charge in [0.25, 0.3) is 0 Å². The third-order valence-electron chi connectivity index (χ3n) is 2.31. The number of halogens is 4. The van der Waals surface area contributed by atoms with E-state index in [2.05, 4.69) is 0 Å². The summed E-state index contributed by atoms with van der Waals surface area (Å²) in [6.07, 6.45) is -0.398. The zero-order valence-corrected chi connectivity index (χ0v) is 9.28. The van der Waals surface area contributed by atoms with Gasteiger partial charge in [-0.2, -0.15) is 13.2 Å². The quantitative estimate of drug-likeness (QED) is 0.788. The molecule has 0 bridgehead atoms. The first-order valence-electron chi connectivity index (χ1n) is 4.55. The van der Waals surface area contributed by atoms with Crippen molar-refractivity contribution in [3.05, 3.63) is 0 Å². The van der Waals surface area contributed by atoms with Gasteiger partial charge in [0.15, 0.2) is 0 Å². The maximum Gasteiger partial charge on any atom is 0.442 e. The lowest BCUT2D eigenvalue weighted by molar-refractivity contribution is -0.150. The van der Waals surface area contributed by atoms with Crippen LogP contribution in [0.25, 0.3) is 0 Å². The monoisotopic (exact) mass is 275 g/mol. The lowest BCUT2D eigenvalue weighted by Crippen LogP contribution is -2.39. The molecule has 0 radical (unpaired) electrons. The number of carboxylic acid groups (broad SMARTS) is 1. The summed E-state index contributed by atoms with van der Waals surface area (Å²) in [4.78, 5) is 22.6. The molecule has 1 fully saturated rings. The van der Waals surface area contributed by atoms with Gasteiger partial charge in [0.1, 0.15) is 0 Å². The molecule has 17 heavy (non-hydrogen) atoms. The second kappa shape index (κ2) is 4.71. The number of rotatable bonds is 3. The number of carbonyl (C=O) groups is 2. The molecule has 1 rings (SSSR count). The first kappa shape index (κ1) is 14.1. The lowest BCUT2D eigenvalue weighted by atomic mass is 10.1. The summed E-state index contributed by atoms with van der Waals surface area (Å²) in [7, 11) is 0. The van der Waals surface area contributed by atoms with Crippen LogP contribution in [-0.4, -0.2) is 51.9 Å². The van der Waals surface area contributed by atoms with Crippen LogP contribution >= 0.6 is 11.8 Å². The van der Waals surface area contributed by atoms with E-state index in [0.29, 0.717) is 0 Å². The highest BCUT2D eigenvalue weighted by atomic mass is 32.2. The highest BCUT2D eigenvalue weighted by Crippen LogP contribution is 2.31. The predicted octanol–water partition coefficient (Wildman–Crippen LogP) is 1.26. The number of amides is 1. The Morgan fingerprint density at radius 2 is 2.00 bits per heavy atom. The number of thioether (sulfide) groups is 1. The molecule has 0 aliphatic carbocycles. The molecule has 1 aliphatic heterocycles. The molecular weight excluding hydrogens is 266 g/mol. The summed E-state index contributed by atoms with van der Waals surface area (Å²) < 4.78 is 48.9. The van der Waals surface area contributed by atoms with Crippen molar-refractivity contribution in [1.29, 1.82) is 0 Å².